The average molecular weight is 381 g/mol. The molecule has 0 N–H and O–H groups in total. The van der Waals surface area contributed by atoms with E-state index in [0.29, 0.717) is 6.42 Å². The number of carbonyl (C=O) groups excluding carboxylic acids is 1. The molecular weight excluding hydrogens is 348 g/mol. The average Bonchev–Trinajstić information content (AvgIpc) is 2.67. The Morgan fingerprint density at radius 2 is 1.92 bits per heavy atom. The van der Waals surface area contributed by atoms with Crippen molar-refractivity contribution in [1.82, 2.24) is 0 Å². The maximum atomic E-state index is 12.8. The van der Waals surface area contributed by atoms with Crippen molar-refractivity contribution >= 4 is 17.7 Å². The van der Waals surface area contributed by atoms with Crippen LogP contribution < -0.4 is 0 Å². The van der Waals surface area contributed by atoms with Crippen molar-refractivity contribution in [2.45, 2.75) is 57.2 Å². The van der Waals surface area contributed by atoms with E-state index in [1.807, 2.05) is 43.3 Å². The third-order valence-electron chi connectivity index (χ3n) is 4.06. The maximum absolute atomic E-state index is 12.8. The van der Waals surface area contributed by atoms with E-state index in [-0.39, 0.29) is 18.9 Å². The van der Waals surface area contributed by atoms with Crippen LogP contribution in [0, 0.1) is 0 Å². The fourth-order valence-corrected chi connectivity index (χ4v) is 3.47. The molecular formula is C21H32O4S. The van der Waals surface area contributed by atoms with Gasteiger partial charge in [0.05, 0.1) is 0 Å². The number of thioether (sulfide) groups is 1. The minimum atomic E-state index is -0.714. The first-order valence-electron chi connectivity index (χ1n) is 9.14. The van der Waals surface area contributed by atoms with Crippen molar-refractivity contribution in [2.24, 2.45) is 0 Å². The first-order valence-corrected chi connectivity index (χ1v) is 10.1. The van der Waals surface area contributed by atoms with Crippen LogP contribution >= 0.6 is 11.8 Å². The first kappa shape index (κ1) is 22.7. The lowest BCUT2D eigenvalue weighted by Gasteiger charge is -2.24. The quantitative estimate of drug-likeness (QED) is 0.209. The molecule has 1 rings (SSSR count). The molecule has 0 aliphatic rings. The van der Waals surface area contributed by atoms with Gasteiger partial charge in [0, 0.05) is 20.6 Å². The lowest BCUT2D eigenvalue weighted by Crippen LogP contribution is -2.32. The number of allylic oxidation sites excluding steroid dienone is 1. The van der Waals surface area contributed by atoms with Crippen LogP contribution in [0.4, 0.5) is 0 Å². The van der Waals surface area contributed by atoms with Gasteiger partial charge in [0.1, 0.15) is 11.4 Å². The van der Waals surface area contributed by atoms with Crippen molar-refractivity contribution in [2.75, 3.05) is 20.0 Å². The van der Waals surface area contributed by atoms with Crippen LogP contribution in [0.5, 0.6) is 0 Å². The topological polar surface area (TPSA) is 44.8 Å². The Labute approximate surface area is 162 Å². The number of unbranched alkanes of at least 4 members (excludes halogenated alkanes) is 2. The van der Waals surface area contributed by atoms with Gasteiger partial charge in [-0.25, -0.2) is 0 Å². The van der Waals surface area contributed by atoms with E-state index in [4.69, 9.17) is 14.2 Å². The monoisotopic (exact) mass is 380 g/mol. The van der Waals surface area contributed by atoms with Gasteiger partial charge in [0.2, 0.25) is 0 Å². The molecule has 0 radical (unpaired) electrons. The smallest absolute Gasteiger partial charge is 0.326 e. The molecule has 0 unspecified atom stereocenters. The highest BCUT2D eigenvalue weighted by Gasteiger charge is 2.33. The number of benzene rings is 1. The molecule has 0 aliphatic carbocycles. The molecule has 0 saturated heterocycles. The van der Waals surface area contributed by atoms with E-state index < -0.39 is 4.75 Å². The number of rotatable bonds is 13. The Kier molecular flexibility index (Phi) is 11.3. The fraction of sp³-hybridized carbons (Fsp3) is 0.571. The fourth-order valence-electron chi connectivity index (χ4n) is 2.37. The van der Waals surface area contributed by atoms with Gasteiger partial charge in [0.25, 0.3) is 0 Å². The van der Waals surface area contributed by atoms with Crippen molar-refractivity contribution < 1.29 is 19.0 Å². The van der Waals surface area contributed by atoms with E-state index in [1.165, 1.54) is 0 Å². The predicted octanol–water partition coefficient (Wildman–Crippen LogP) is 4.98. The van der Waals surface area contributed by atoms with Crippen molar-refractivity contribution in [3.05, 3.63) is 48.0 Å². The van der Waals surface area contributed by atoms with E-state index in [9.17, 15) is 4.79 Å². The Hall–Kier alpha value is -1.30. The summed E-state index contributed by atoms with van der Waals surface area (Å²) in [6.07, 6.45) is 7.75. The maximum Gasteiger partial charge on any atom is 0.326 e. The molecule has 146 valence electrons. The van der Waals surface area contributed by atoms with E-state index in [0.717, 1.165) is 30.6 Å². The molecule has 5 heteroatoms. The number of esters is 1. The third-order valence-corrected chi connectivity index (χ3v) is 5.40. The molecule has 1 aromatic rings. The zero-order valence-electron chi connectivity index (χ0n) is 16.4. The summed E-state index contributed by atoms with van der Waals surface area (Å²) >= 11 is 1.56. The van der Waals surface area contributed by atoms with Gasteiger partial charge in [-0.15, -0.1) is 11.8 Å². The summed E-state index contributed by atoms with van der Waals surface area (Å²) in [5.74, 6) is 0.520. The SMILES string of the molecule is CCCC/C=C/[C@](C)(SCCC(OC)OC)C(=O)OCc1ccccc1. The van der Waals surface area contributed by atoms with Gasteiger partial charge in [-0.05, 0) is 24.7 Å². The molecule has 0 bridgehead atoms. The first-order chi connectivity index (χ1) is 12.6. The molecule has 0 fully saturated rings. The second-order valence-electron chi connectivity index (χ2n) is 6.25. The summed E-state index contributed by atoms with van der Waals surface area (Å²) < 4.78 is 15.3. The standard InChI is InChI=1S/C21H32O4S/c1-5-6-7-11-15-21(2,26-16-14-19(23-3)24-4)20(22)25-17-18-12-9-8-10-13-18/h8-13,15,19H,5-7,14,16-17H2,1-4H3/b15-11+/t21-/m0/s1. The van der Waals surface area contributed by atoms with E-state index >= 15 is 0 Å². The Bertz CT molecular complexity index is 528. The minimum absolute atomic E-state index is 0.217. The second kappa shape index (κ2) is 13.0. The van der Waals surface area contributed by atoms with Crippen molar-refractivity contribution in [3.8, 4) is 0 Å². The van der Waals surface area contributed by atoms with E-state index in [2.05, 4.69) is 13.0 Å². The molecule has 0 aliphatic heterocycles. The van der Waals surface area contributed by atoms with E-state index in [1.54, 1.807) is 26.0 Å². The van der Waals surface area contributed by atoms with Gasteiger partial charge < -0.3 is 14.2 Å². The van der Waals surface area contributed by atoms with Crippen LogP contribution in [0.1, 0.15) is 45.1 Å². The zero-order valence-corrected chi connectivity index (χ0v) is 17.2. The number of methoxy groups -OCH3 is 2. The molecule has 1 atom stereocenters. The van der Waals surface area contributed by atoms with Crippen LogP contribution in [0.25, 0.3) is 0 Å². The highest BCUT2D eigenvalue weighted by atomic mass is 32.2. The highest BCUT2D eigenvalue weighted by molar-refractivity contribution is 8.01. The molecule has 0 amide bonds. The number of hydrogen-bond acceptors (Lipinski definition) is 5. The van der Waals surface area contributed by atoms with Crippen LogP contribution in [0.3, 0.4) is 0 Å². The minimum Gasteiger partial charge on any atom is -0.460 e. The largest absolute Gasteiger partial charge is 0.460 e. The Morgan fingerprint density at radius 1 is 1.23 bits per heavy atom. The van der Waals surface area contributed by atoms with Crippen LogP contribution in [0.2, 0.25) is 0 Å². The highest BCUT2D eigenvalue weighted by Crippen LogP contribution is 2.30. The molecule has 1 aromatic carbocycles. The van der Waals surface area contributed by atoms with Gasteiger partial charge in [-0.1, -0.05) is 62.2 Å². The Morgan fingerprint density at radius 3 is 2.54 bits per heavy atom. The molecule has 0 spiro atoms. The summed E-state index contributed by atoms with van der Waals surface area (Å²) in [5, 5.41) is 0. The summed E-state index contributed by atoms with van der Waals surface area (Å²) in [6, 6.07) is 9.74. The normalized spacial score (nSPS) is 13.9. The summed E-state index contributed by atoms with van der Waals surface area (Å²) in [4.78, 5) is 12.8. The number of ether oxygens (including phenoxy) is 3. The van der Waals surface area contributed by atoms with Crippen molar-refractivity contribution in [1.29, 1.82) is 0 Å². The lowest BCUT2D eigenvalue weighted by atomic mass is 10.1. The van der Waals surface area contributed by atoms with Crippen LogP contribution in [0.15, 0.2) is 42.5 Å². The van der Waals surface area contributed by atoms with Gasteiger partial charge in [0.15, 0.2) is 6.29 Å². The van der Waals surface area contributed by atoms with Gasteiger partial charge in [-0.2, -0.15) is 0 Å². The molecule has 4 nitrogen and oxygen atoms in total. The van der Waals surface area contributed by atoms with Gasteiger partial charge >= 0.3 is 5.97 Å². The zero-order chi connectivity index (χ0) is 19.3. The second-order valence-corrected chi connectivity index (χ2v) is 7.80. The molecule has 0 aromatic heterocycles. The van der Waals surface area contributed by atoms with Crippen molar-refractivity contribution in [3.63, 3.8) is 0 Å². The summed E-state index contributed by atoms with van der Waals surface area (Å²) in [5.41, 5.74) is 0.988. The van der Waals surface area contributed by atoms with Gasteiger partial charge in [-0.3, -0.25) is 4.79 Å². The number of hydrogen-bond donors (Lipinski definition) is 0. The van der Waals surface area contributed by atoms with Crippen LogP contribution in [-0.2, 0) is 25.6 Å². The van der Waals surface area contributed by atoms with Crippen LogP contribution in [-0.4, -0.2) is 37.0 Å². The number of carbonyl (C=O) groups is 1. The molecule has 0 heterocycles. The lowest BCUT2D eigenvalue weighted by molar-refractivity contribution is -0.146. The Balaban J connectivity index is 2.68. The summed E-state index contributed by atoms with van der Waals surface area (Å²) in [6.45, 7) is 4.37. The molecule has 0 saturated carbocycles. The summed E-state index contributed by atoms with van der Waals surface area (Å²) in [7, 11) is 3.24. The molecule has 26 heavy (non-hydrogen) atoms. The third kappa shape index (κ3) is 8.39. The predicted molar refractivity (Wildman–Crippen MR) is 108 cm³/mol.